The summed E-state index contributed by atoms with van der Waals surface area (Å²) in [5, 5.41) is 9.73. The number of hydrogen-bond donors (Lipinski definition) is 2. The molecule has 1 aliphatic heterocycles. The summed E-state index contributed by atoms with van der Waals surface area (Å²) in [6, 6.07) is 18.2. The quantitative estimate of drug-likeness (QED) is 0.317. The van der Waals surface area contributed by atoms with Gasteiger partial charge in [0.05, 0.1) is 28.6 Å². The van der Waals surface area contributed by atoms with Crippen molar-refractivity contribution in [3.8, 4) is 6.07 Å². The first-order valence-electron chi connectivity index (χ1n) is 10.0. The van der Waals surface area contributed by atoms with Crippen LogP contribution in [0.4, 0.5) is 11.4 Å². The third kappa shape index (κ3) is 4.08. The number of anilines is 2. The van der Waals surface area contributed by atoms with E-state index in [1.54, 1.807) is 36.4 Å². The van der Waals surface area contributed by atoms with Crippen molar-refractivity contribution < 1.29 is 18.0 Å². The van der Waals surface area contributed by atoms with Crippen LogP contribution in [-0.2, 0) is 16.6 Å². The van der Waals surface area contributed by atoms with Gasteiger partial charge in [-0.1, -0.05) is 29.8 Å². The third-order valence-corrected chi connectivity index (χ3v) is 7.32. The number of nitrogens with two attached hydrogens (primary N) is 1. The van der Waals surface area contributed by atoms with E-state index in [1.165, 1.54) is 30.3 Å². The van der Waals surface area contributed by atoms with Crippen LogP contribution in [0.1, 0.15) is 31.8 Å². The number of rotatable bonds is 5. The smallest absolute Gasteiger partial charge is 0.290 e. The van der Waals surface area contributed by atoms with Gasteiger partial charge >= 0.3 is 10.2 Å². The molecule has 1 aliphatic rings. The van der Waals surface area contributed by atoms with Crippen molar-refractivity contribution in [1.82, 2.24) is 5.43 Å². The second-order valence-electron chi connectivity index (χ2n) is 7.36. The first-order chi connectivity index (χ1) is 16.3. The molecule has 3 aromatic rings. The highest BCUT2D eigenvalue weighted by atomic mass is 35.5. The van der Waals surface area contributed by atoms with Gasteiger partial charge in [0.15, 0.2) is 0 Å². The van der Waals surface area contributed by atoms with Gasteiger partial charge in [-0.2, -0.15) is 18.0 Å². The topological polar surface area (TPSA) is 137 Å². The average molecular weight is 496 g/mol. The minimum absolute atomic E-state index is 0.0747. The number of nitrogens with one attached hydrogen (secondary N) is 1. The van der Waals surface area contributed by atoms with Crippen molar-refractivity contribution in [2.75, 3.05) is 15.2 Å². The lowest BCUT2D eigenvalue weighted by Crippen LogP contribution is -2.47. The summed E-state index contributed by atoms with van der Waals surface area (Å²) < 4.78 is 29.6. The Kier molecular flexibility index (Phi) is 6.26. The van der Waals surface area contributed by atoms with E-state index >= 15 is 0 Å². The molecule has 9 nitrogen and oxygen atoms in total. The standard InChI is InChI=1S/C23H18ClN5O4S/c24-18-7-9-20-17(13-18)10-11-28(20)34(32,33)29(23(31)16-4-2-1-3-5-16)21-8-6-15(14-25)12-19(21)22(30)27-26/h1-9,12-13H,10-11,26H2,(H,27,30). The van der Waals surface area contributed by atoms with Crippen LogP contribution < -0.4 is 19.9 Å². The second kappa shape index (κ2) is 9.15. The van der Waals surface area contributed by atoms with E-state index in [1.807, 2.05) is 11.5 Å². The largest absolute Gasteiger partial charge is 0.333 e. The van der Waals surface area contributed by atoms with Gasteiger partial charge in [0.1, 0.15) is 0 Å². The van der Waals surface area contributed by atoms with Crippen molar-refractivity contribution >= 4 is 45.0 Å². The molecule has 0 aliphatic carbocycles. The number of nitrogen functional groups attached to an aromatic ring is 1. The summed E-state index contributed by atoms with van der Waals surface area (Å²) in [6.45, 7) is 0.0747. The number of hydrazine groups is 1. The van der Waals surface area contributed by atoms with E-state index in [0.29, 0.717) is 27.0 Å². The van der Waals surface area contributed by atoms with Crippen molar-refractivity contribution in [3.63, 3.8) is 0 Å². The first-order valence-corrected chi connectivity index (χ1v) is 11.8. The fourth-order valence-electron chi connectivity index (χ4n) is 3.76. The molecule has 3 N–H and O–H groups in total. The van der Waals surface area contributed by atoms with Crippen LogP contribution in [0.15, 0.2) is 66.7 Å². The van der Waals surface area contributed by atoms with Crippen molar-refractivity contribution in [3.05, 3.63) is 94.0 Å². The van der Waals surface area contributed by atoms with E-state index in [-0.39, 0.29) is 28.9 Å². The Hall–Kier alpha value is -3.91. The molecule has 0 atom stereocenters. The van der Waals surface area contributed by atoms with E-state index in [4.69, 9.17) is 17.4 Å². The summed E-state index contributed by atoms with van der Waals surface area (Å²) in [4.78, 5) is 26.1. The molecule has 3 aromatic carbocycles. The zero-order valence-corrected chi connectivity index (χ0v) is 19.2. The van der Waals surface area contributed by atoms with Crippen LogP contribution in [0, 0.1) is 11.3 Å². The Balaban J connectivity index is 1.94. The van der Waals surface area contributed by atoms with Gasteiger partial charge in [-0.15, -0.1) is 0 Å². The number of nitrogens with zero attached hydrogens (tertiary/aromatic N) is 3. The molecule has 11 heteroatoms. The number of benzene rings is 3. The highest BCUT2D eigenvalue weighted by Gasteiger charge is 2.40. The number of fused-ring (bicyclic) bond motifs is 1. The van der Waals surface area contributed by atoms with E-state index in [2.05, 4.69) is 0 Å². The van der Waals surface area contributed by atoms with Gasteiger partial charge in [0.2, 0.25) is 0 Å². The number of carbonyl (C=O) groups excluding carboxylic acids is 2. The van der Waals surface area contributed by atoms with Crippen LogP contribution in [0.2, 0.25) is 5.02 Å². The van der Waals surface area contributed by atoms with E-state index in [9.17, 15) is 23.3 Å². The maximum absolute atomic E-state index is 14.0. The minimum atomic E-state index is -4.54. The molecule has 34 heavy (non-hydrogen) atoms. The van der Waals surface area contributed by atoms with Crippen LogP contribution in [-0.4, -0.2) is 26.8 Å². The maximum Gasteiger partial charge on any atom is 0.333 e. The van der Waals surface area contributed by atoms with E-state index in [0.717, 1.165) is 4.31 Å². The zero-order chi connectivity index (χ0) is 24.5. The summed E-state index contributed by atoms with van der Waals surface area (Å²) >= 11 is 6.06. The molecule has 0 unspecified atom stereocenters. The maximum atomic E-state index is 14.0. The molecule has 0 radical (unpaired) electrons. The monoisotopic (exact) mass is 495 g/mol. The second-order valence-corrected chi connectivity index (χ2v) is 9.49. The lowest BCUT2D eigenvalue weighted by molar-refractivity contribution is 0.0954. The Morgan fingerprint density at radius 1 is 1.09 bits per heavy atom. The van der Waals surface area contributed by atoms with Gasteiger partial charge in [-0.3, -0.25) is 19.3 Å². The molecular weight excluding hydrogens is 478 g/mol. The lowest BCUT2D eigenvalue weighted by atomic mass is 10.1. The Morgan fingerprint density at radius 2 is 1.82 bits per heavy atom. The molecule has 0 spiro atoms. The normalized spacial score (nSPS) is 12.6. The van der Waals surface area contributed by atoms with E-state index < -0.39 is 22.0 Å². The molecular formula is C23H18ClN5O4S. The van der Waals surface area contributed by atoms with Crippen LogP contribution >= 0.6 is 11.6 Å². The fraction of sp³-hybridized carbons (Fsp3) is 0.0870. The SMILES string of the molecule is N#Cc1ccc(N(C(=O)c2ccccc2)S(=O)(=O)N2CCc3cc(Cl)ccc32)c(C(=O)NN)c1. The predicted molar refractivity (Wildman–Crippen MR) is 127 cm³/mol. The summed E-state index contributed by atoms with van der Waals surface area (Å²) in [6.07, 6.45) is 0.395. The van der Waals surface area contributed by atoms with Gasteiger partial charge in [-0.25, -0.2) is 5.84 Å². The fourth-order valence-corrected chi connectivity index (χ4v) is 5.62. The molecule has 0 bridgehead atoms. The van der Waals surface area contributed by atoms with Gasteiger partial charge in [0, 0.05) is 17.1 Å². The van der Waals surface area contributed by atoms with Crippen molar-refractivity contribution in [2.45, 2.75) is 6.42 Å². The molecule has 172 valence electrons. The Bertz CT molecular complexity index is 1440. The molecule has 0 fully saturated rings. The third-order valence-electron chi connectivity index (χ3n) is 5.33. The number of halogens is 1. The van der Waals surface area contributed by atoms with Crippen molar-refractivity contribution in [2.24, 2.45) is 5.84 Å². The first kappa shape index (κ1) is 23.3. The predicted octanol–water partition coefficient (Wildman–Crippen LogP) is 2.77. The van der Waals surface area contributed by atoms with Crippen LogP contribution in [0.25, 0.3) is 0 Å². The molecule has 0 aromatic heterocycles. The minimum Gasteiger partial charge on any atom is -0.290 e. The molecule has 4 rings (SSSR count). The number of carbonyl (C=O) groups is 2. The molecule has 1 heterocycles. The summed E-state index contributed by atoms with van der Waals surface area (Å²) in [5.74, 6) is 3.57. The molecule has 0 saturated heterocycles. The van der Waals surface area contributed by atoms with Gasteiger partial charge < -0.3 is 0 Å². The Labute approximate surface area is 201 Å². The molecule has 2 amide bonds. The highest BCUT2D eigenvalue weighted by molar-refractivity contribution is 7.95. The summed E-state index contributed by atoms with van der Waals surface area (Å²) in [5.41, 5.74) is 2.73. The lowest BCUT2D eigenvalue weighted by Gasteiger charge is -2.30. The van der Waals surface area contributed by atoms with Gasteiger partial charge in [-0.05, 0) is 60.5 Å². The molecule has 0 saturated carbocycles. The van der Waals surface area contributed by atoms with Crippen LogP contribution in [0.5, 0.6) is 0 Å². The van der Waals surface area contributed by atoms with Gasteiger partial charge in [0.25, 0.3) is 11.8 Å². The summed E-state index contributed by atoms with van der Waals surface area (Å²) in [7, 11) is -4.54. The Morgan fingerprint density at radius 3 is 2.50 bits per heavy atom. The highest BCUT2D eigenvalue weighted by Crippen LogP contribution is 2.36. The van der Waals surface area contributed by atoms with Crippen LogP contribution in [0.3, 0.4) is 0 Å². The number of amides is 2. The van der Waals surface area contributed by atoms with Crippen molar-refractivity contribution in [1.29, 1.82) is 5.26 Å². The number of nitriles is 1. The number of hydrogen-bond acceptors (Lipinski definition) is 6. The average Bonchev–Trinajstić information content (AvgIpc) is 3.28. The zero-order valence-electron chi connectivity index (χ0n) is 17.6.